The van der Waals surface area contributed by atoms with Gasteiger partial charge in [-0.3, -0.25) is 9.59 Å². The van der Waals surface area contributed by atoms with Crippen LogP contribution in [0.3, 0.4) is 0 Å². The van der Waals surface area contributed by atoms with Gasteiger partial charge in [0, 0.05) is 69.3 Å². The van der Waals surface area contributed by atoms with Crippen LogP contribution in [0.1, 0.15) is 75.6 Å². The Balaban J connectivity index is 1.13. The van der Waals surface area contributed by atoms with Crippen molar-refractivity contribution >= 4 is 34.3 Å². The fraction of sp³-hybridized carbons (Fsp3) is 0.409. The Labute approximate surface area is 284 Å². The Hall–Kier alpha value is -4.18. The first-order valence-electron chi connectivity index (χ1n) is 18.2. The van der Waals surface area contributed by atoms with Crippen LogP contribution in [0.25, 0.3) is 0 Å². The molecule has 10 rings (SSSR count). The van der Waals surface area contributed by atoms with Crippen molar-refractivity contribution in [1.29, 1.82) is 0 Å². The SMILES string of the molecule is CC1(C)c2ccccc2N(C2CCC3C(=O)C4CCC(N5c6ccccc6C(C)(C)c6ccccc65)C5C(=O)C2C3C45)c2ccccc21. The molecule has 242 valence electrons. The zero-order valence-corrected chi connectivity index (χ0v) is 28.4. The molecule has 4 heteroatoms. The first kappa shape index (κ1) is 28.8. The highest BCUT2D eigenvalue weighted by Gasteiger charge is 2.69. The van der Waals surface area contributed by atoms with Gasteiger partial charge in [-0.05, 0) is 84.0 Å². The lowest BCUT2D eigenvalue weighted by atomic mass is 9.68. The van der Waals surface area contributed by atoms with Crippen LogP contribution in [-0.4, -0.2) is 23.7 Å². The van der Waals surface area contributed by atoms with Gasteiger partial charge in [-0.2, -0.15) is 0 Å². The van der Waals surface area contributed by atoms with Crippen molar-refractivity contribution in [2.24, 2.45) is 35.5 Å². The molecule has 4 nitrogen and oxygen atoms in total. The van der Waals surface area contributed by atoms with Gasteiger partial charge in [0.25, 0.3) is 0 Å². The number of nitrogens with zero attached hydrogens (tertiary/aromatic N) is 2. The van der Waals surface area contributed by atoms with Crippen molar-refractivity contribution < 1.29 is 9.59 Å². The topological polar surface area (TPSA) is 40.6 Å². The number of anilines is 4. The third-order valence-electron chi connectivity index (χ3n) is 14.0. The standard InChI is InChI=1S/C44H44N2O2/c1-43(2)27-13-5-9-17-31(27)45(32-18-10-6-14-28(32)43)35-23-21-25-37-38-26(41(25)47)22-24-36(40(38)42(48)39(35)37)46-33-19-11-7-15-29(33)44(3,4)30-16-8-12-20-34(30)46/h5-20,25-26,35-40H,21-24H2,1-4H3. The van der Waals surface area contributed by atoms with E-state index in [1.807, 2.05) is 0 Å². The number of fused-ring (bicyclic) bond motifs is 4. The maximum Gasteiger partial charge on any atom is 0.143 e. The largest absolute Gasteiger partial charge is 0.337 e. The van der Waals surface area contributed by atoms with Gasteiger partial charge in [0.2, 0.25) is 0 Å². The fourth-order valence-corrected chi connectivity index (χ4v) is 12.1. The molecule has 2 heterocycles. The van der Waals surface area contributed by atoms with E-state index in [0.29, 0.717) is 11.6 Å². The van der Waals surface area contributed by atoms with Gasteiger partial charge in [-0.15, -0.1) is 0 Å². The lowest BCUT2D eigenvalue weighted by Crippen LogP contribution is -2.52. The molecule has 4 saturated carbocycles. The van der Waals surface area contributed by atoms with Crippen molar-refractivity contribution in [2.45, 2.75) is 76.3 Å². The average Bonchev–Trinajstić information content (AvgIpc) is 3.57. The predicted molar refractivity (Wildman–Crippen MR) is 191 cm³/mol. The molecule has 0 amide bonds. The van der Waals surface area contributed by atoms with Crippen LogP contribution in [0.5, 0.6) is 0 Å². The molecule has 8 atom stereocenters. The lowest BCUT2D eigenvalue weighted by molar-refractivity contribution is -0.132. The third kappa shape index (κ3) is 3.46. The minimum Gasteiger partial charge on any atom is -0.337 e. The number of carbonyl (C=O) groups is 2. The summed E-state index contributed by atoms with van der Waals surface area (Å²) < 4.78 is 0. The number of hydrogen-bond donors (Lipinski definition) is 0. The number of benzene rings is 4. The summed E-state index contributed by atoms with van der Waals surface area (Å²) in [6.07, 6.45) is 3.51. The predicted octanol–water partition coefficient (Wildman–Crippen LogP) is 9.13. The molecule has 4 aromatic carbocycles. The van der Waals surface area contributed by atoms with Crippen molar-refractivity contribution in [3.63, 3.8) is 0 Å². The van der Waals surface area contributed by atoms with E-state index in [9.17, 15) is 4.79 Å². The van der Waals surface area contributed by atoms with Crippen molar-refractivity contribution in [2.75, 3.05) is 9.80 Å². The second kappa shape index (κ2) is 9.71. The van der Waals surface area contributed by atoms with Crippen LogP contribution < -0.4 is 9.80 Å². The quantitative estimate of drug-likeness (QED) is 0.221. The van der Waals surface area contributed by atoms with Crippen molar-refractivity contribution in [3.05, 3.63) is 119 Å². The first-order valence-corrected chi connectivity index (χ1v) is 18.2. The van der Waals surface area contributed by atoms with E-state index < -0.39 is 0 Å². The van der Waals surface area contributed by atoms with Crippen LogP contribution in [0.15, 0.2) is 97.1 Å². The molecule has 0 saturated heterocycles. The summed E-state index contributed by atoms with van der Waals surface area (Å²) >= 11 is 0. The highest BCUT2D eigenvalue weighted by molar-refractivity contribution is 5.98. The van der Waals surface area contributed by atoms with Crippen LogP contribution in [0.2, 0.25) is 0 Å². The highest BCUT2D eigenvalue weighted by atomic mass is 16.1. The number of ketones is 2. The maximum atomic E-state index is 15.5. The number of Topliss-reactive ketones (excluding diaryl/α,β-unsaturated/α-hetero) is 2. The van der Waals surface area contributed by atoms with Crippen molar-refractivity contribution in [1.82, 2.24) is 0 Å². The number of carbonyl (C=O) groups excluding carboxylic acids is 2. The summed E-state index contributed by atoms with van der Waals surface area (Å²) in [6, 6.07) is 35.4. The van der Waals surface area contributed by atoms with E-state index in [2.05, 4.69) is 135 Å². The Morgan fingerprint density at radius 2 is 0.771 bits per heavy atom. The van der Waals surface area contributed by atoms with E-state index in [1.54, 1.807) is 0 Å². The number of para-hydroxylation sites is 4. The molecule has 2 aliphatic heterocycles. The van der Waals surface area contributed by atoms with E-state index in [1.165, 1.54) is 45.0 Å². The molecular weight excluding hydrogens is 588 g/mol. The molecular formula is C44H44N2O2. The summed E-state index contributed by atoms with van der Waals surface area (Å²) in [7, 11) is 0. The maximum absolute atomic E-state index is 15.5. The summed E-state index contributed by atoms with van der Waals surface area (Å²) in [5.41, 5.74) is 9.89. The molecule has 4 aromatic rings. The van der Waals surface area contributed by atoms with Gasteiger partial charge in [-0.1, -0.05) is 100 Å². The van der Waals surface area contributed by atoms with Crippen LogP contribution >= 0.6 is 0 Å². The number of rotatable bonds is 2. The van der Waals surface area contributed by atoms with Crippen LogP contribution in [0.4, 0.5) is 22.7 Å². The molecule has 0 spiro atoms. The molecule has 0 N–H and O–H groups in total. The second-order valence-corrected chi connectivity index (χ2v) is 16.6. The monoisotopic (exact) mass is 632 g/mol. The summed E-state index contributed by atoms with van der Waals surface area (Å²) in [4.78, 5) is 34.8. The fourth-order valence-electron chi connectivity index (χ4n) is 12.1. The number of hydrogen-bond acceptors (Lipinski definition) is 4. The first-order chi connectivity index (χ1) is 23.2. The smallest absolute Gasteiger partial charge is 0.143 e. The van der Waals surface area contributed by atoms with E-state index >= 15 is 4.79 Å². The Bertz CT molecular complexity index is 1790. The molecule has 4 fully saturated rings. The minimum atomic E-state index is -0.151. The van der Waals surface area contributed by atoms with Gasteiger partial charge in [0.1, 0.15) is 11.6 Å². The minimum absolute atomic E-state index is 0.0144. The lowest BCUT2D eigenvalue weighted by Gasteiger charge is -2.50. The zero-order valence-electron chi connectivity index (χ0n) is 28.4. The van der Waals surface area contributed by atoms with Gasteiger partial charge in [0.05, 0.1) is 0 Å². The van der Waals surface area contributed by atoms with Gasteiger partial charge in [0.15, 0.2) is 0 Å². The molecule has 48 heavy (non-hydrogen) atoms. The second-order valence-electron chi connectivity index (χ2n) is 16.6. The molecule has 0 radical (unpaired) electrons. The van der Waals surface area contributed by atoms with Crippen LogP contribution in [-0.2, 0) is 20.4 Å². The molecule has 0 bridgehead atoms. The van der Waals surface area contributed by atoms with Gasteiger partial charge >= 0.3 is 0 Å². The Kier molecular flexibility index (Phi) is 5.83. The van der Waals surface area contributed by atoms with Crippen molar-refractivity contribution in [3.8, 4) is 0 Å². The zero-order chi connectivity index (χ0) is 32.7. The summed E-state index contributed by atoms with van der Waals surface area (Å²) in [5.74, 6) is 0.864. The van der Waals surface area contributed by atoms with E-state index in [-0.39, 0.29) is 58.4 Å². The molecule has 6 aliphatic rings. The molecule has 0 aromatic heterocycles. The van der Waals surface area contributed by atoms with Gasteiger partial charge < -0.3 is 9.80 Å². The molecule has 4 aliphatic carbocycles. The van der Waals surface area contributed by atoms with Gasteiger partial charge in [-0.25, -0.2) is 0 Å². The third-order valence-corrected chi connectivity index (χ3v) is 14.0. The van der Waals surface area contributed by atoms with Crippen LogP contribution in [0, 0.1) is 35.5 Å². The normalized spacial score (nSPS) is 33.0. The average molecular weight is 633 g/mol. The van der Waals surface area contributed by atoms with E-state index in [4.69, 9.17) is 0 Å². The Morgan fingerprint density at radius 1 is 0.458 bits per heavy atom. The Morgan fingerprint density at radius 3 is 1.10 bits per heavy atom. The highest BCUT2D eigenvalue weighted by Crippen LogP contribution is 2.65. The van der Waals surface area contributed by atoms with E-state index in [0.717, 1.165) is 25.7 Å². The summed E-state index contributed by atoms with van der Waals surface area (Å²) in [5, 5.41) is 0. The molecule has 8 unspecified atom stereocenters. The summed E-state index contributed by atoms with van der Waals surface area (Å²) in [6.45, 7) is 9.31.